The maximum atomic E-state index is 12.6. The second-order valence-electron chi connectivity index (χ2n) is 6.47. The van der Waals surface area contributed by atoms with E-state index in [0.29, 0.717) is 23.1 Å². The Morgan fingerprint density at radius 3 is 2.64 bits per heavy atom. The van der Waals surface area contributed by atoms with Crippen molar-refractivity contribution in [3.8, 4) is 0 Å². The molecule has 10 heteroatoms. The molecule has 1 amide bonds. The molecule has 2 heterocycles. The Kier molecular flexibility index (Phi) is 5.46. The van der Waals surface area contributed by atoms with Gasteiger partial charge in [0.05, 0.1) is 23.4 Å². The van der Waals surface area contributed by atoms with Crippen molar-refractivity contribution in [3.05, 3.63) is 68.5 Å². The van der Waals surface area contributed by atoms with Gasteiger partial charge in [-0.25, -0.2) is 0 Å². The molecule has 0 aliphatic rings. The zero-order valence-corrected chi connectivity index (χ0v) is 16.3. The molecule has 0 aliphatic heterocycles. The lowest BCUT2D eigenvalue weighted by atomic mass is 10.2. The number of rotatable bonds is 6. The van der Waals surface area contributed by atoms with Crippen LogP contribution in [0.15, 0.2) is 36.4 Å². The largest absolute Gasteiger partial charge is 0.390 e. The van der Waals surface area contributed by atoms with E-state index in [4.69, 9.17) is 11.6 Å². The molecule has 9 nitrogen and oxygen atoms in total. The second-order valence-corrected chi connectivity index (χ2v) is 6.91. The first-order chi connectivity index (χ1) is 13.2. The maximum absolute atomic E-state index is 12.6. The number of aromatic nitrogens is 4. The average molecular weight is 403 g/mol. The number of carbonyl (C=O) groups is 1. The van der Waals surface area contributed by atoms with Crippen molar-refractivity contribution in [2.24, 2.45) is 0 Å². The molecule has 3 rings (SSSR count). The fourth-order valence-electron chi connectivity index (χ4n) is 2.83. The molecular weight excluding hydrogens is 384 g/mol. The molecule has 1 unspecified atom stereocenters. The summed E-state index contributed by atoms with van der Waals surface area (Å²) in [6.45, 7) is 5.68. The van der Waals surface area contributed by atoms with Crippen molar-refractivity contribution in [2.75, 3.05) is 5.32 Å². The molecule has 3 aromatic rings. The minimum absolute atomic E-state index is 0.293. The number of anilines is 1. The van der Waals surface area contributed by atoms with Gasteiger partial charge in [0.2, 0.25) is 0 Å². The minimum Gasteiger partial charge on any atom is -0.358 e. The first kappa shape index (κ1) is 19.6. The zero-order chi connectivity index (χ0) is 20.4. The number of nitrogens with zero attached hydrogens (tertiary/aromatic N) is 5. The van der Waals surface area contributed by atoms with Crippen LogP contribution in [-0.4, -0.2) is 30.4 Å². The molecule has 0 saturated carbocycles. The predicted molar refractivity (Wildman–Crippen MR) is 104 cm³/mol. The molecular formula is C18H19ClN6O3. The van der Waals surface area contributed by atoms with Gasteiger partial charge in [-0.1, -0.05) is 23.7 Å². The van der Waals surface area contributed by atoms with E-state index < -0.39 is 11.0 Å². The topological polar surface area (TPSA) is 108 Å². The Labute approximate surface area is 166 Å². The summed E-state index contributed by atoms with van der Waals surface area (Å²) in [6, 6.07) is 9.83. The van der Waals surface area contributed by atoms with E-state index in [9.17, 15) is 14.9 Å². The highest BCUT2D eigenvalue weighted by Crippen LogP contribution is 2.19. The maximum Gasteiger partial charge on any atom is 0.390 e. The van der Waals surface area contributed by atoms with E-state index in [1.807, 2.05) is 25.1 Å². The summed E-state index contributed by atoms with van der Waals surface area (Å²) < 4.78 is 3.08. The van der Waals surface area contributed by atoms with Gasteiger partial charge >= 0.3 is 5.82 Å². The van der Waals surface area contributed by atoms with Gasteiger partial charge in [0.25, 0.3) is 5.91 Å². The highest BCUT2D eigenvalue weighted by Gasteiger charge is 2.25. The van der Waals surface area contributed by atoms with Crippen LogP contribution in [0.1, 0.15) is 29.9 Å². The highest BCUT2D eigenvalue weighted by atomic mass is 35.5. The number of benzene rings is 1. The molecule has 0 bridgehead atoms. The van der Waals surface area contributed by atoms with Crippen molar-refractivity contribution in [1.29, 1.82) is 0 Å². The lowest BCUT2D eigenvalue weighted by Gasteiger charge is -2.10. The third-order valence-corrected chi connectivity index (χ3v) is 4.53. The molecule has 28 heavy (non-hydrogen) atoms. The second kappa shape index (κ2) is 7.81. The van der Waals surface area contributed by atoms with E-state index in [1.165, 1.54) is 10.7 Å². The summed E-state index contributed by atoms with van der Waals surface area (Å²) in [5.74, 6) is -0.261. The van der Waals surface area contributed by atoms with Gasteiger partial charge in [-0.15, -0.1) is 0 Å². The van der Waals surface area contributed by atoms with Crippen LogP contribution in [0.5, 0.6) is 0 Å². The smallest absolute Gasteiger partial charge is 0.358 e. The molecule has 0 spiro atoms. The van der Waals surface area contributed by atoms with Gasteiger partial charge in [-0.2, -0.15) is 9.78 Å². The van der Waals surface area contributed by atoms with E-state index >= 15 is 0 Å². The van der Waals surface area contributed by atoms with E-state index in [2.05, 4.69) is 15.5 Å². The summed E-state index contributed by atoms with van der Waals surface area (Å²) in [5.41, 5.74) is 2.38. The Balaban J connectivity index is 1.73. The number of nitro groups is 1. The molecule has 0 fully saturated rings. The minimum atomic E-state index is -0.730. The van der Waals surface area contributed by atoms with Crippen LogP contribution >= 0.6 is 11.6 Å². The first-order valence-corrected chi connectivity index (χ1v) is 8.92. The molecule has 1 atom stereocenters. The SMILES string of the molecule is Cc1cc(NC(=O)C(C)n2nc([N+](=O)[O-])cc2C)nn1Cc1cccc(Cl)c1. The van der Waals surface area contributed by atoms with Gasteiger partial charge in [-0.05, 0) is 43.4 Å². The Bertz CT molecular complexity index is 1040. The van der Waals surface area contributed by atoms with Gasteiger partial charge in [0.15, 0.2) is 5.82 Å². The number of hydrogen-bond acceptors (Lipinski definition) is 5. The van der Waals surface area contributed by atoms with Crippen LogP contribution in [0.4, 0.5) is 11.6 Å². The summed E-state index contributed by atoms with van der Waals surface area (Å²) in [7, 11) is 0. The summed E-state index contributed by atoms with van der Waals surface area (Å²) in [4.78, 5) is 22.8. The van der Waals surface area contributed by atoms with Crippen molar-refractivity contribution in [3.63, 3.8) is 0 Å². The highest BCUT2D eigenvalue weighted by molar-refractivity contribution is 6.30. The van der Waals surface area contributed by atoms with E-state index in [-0.39, 0.29) is 11.7 Å². The Morgan fingerprint density at radius 2 is 2.00 bits per heavy atom. The van der Waals surface area contributed by atoms with Crippen LogP contribution in [0.3, 0.4) is 0 Å². The predicted octanol–water partition coefficient (Wildman–Crippen LogP) is 3.51. The lowest BCUT2D eigenvalue weighted by molar-refractivity contribution is -0.389. The van der Waals surface area contributed by atoms with E-state index in [1.54, 1.807) is 30.7 Å². The monoisotopic (exact) mass is 402 g/mol. The lowest BCUT2D eigenvalue weighted by Crippen LogP contribution is -2.25. The van der Waals surface area contributed by atoms with Gasteiger partial charge in [0.1, 0.15) is 6.04 Å². The fourth-order valence-corrected chi connectivity index (χ4v) is 3.05. The third-order valence-electron chi connectivity index (χ3n) is 4.30. The molecule has 1 N–H and O–H groups in total. The molecule has 146 valence electrons. The van der Waals surface area contributed by atoms with Crippen molar-refractivity contribution >= 4 is 29.1 Å². The number of hydrogen-bond donors (Lipinski definition) is 1. The number of amides is 1. The summed E-state index contributed by atoms with van der Waals surface area (Å²) >= 11 is 6.01. The summed E-state index contributed by atoms with van der Waals surface area (Å²) in [5, 5.41) is 22.5. The van der Waals surface area contributed by atoms with Crippen molar-refractivity contribution < 1.29 is 9.72 Å². The van der Waals surface area contributed by atoms with Crippen LogP contribution < -0.4 is 5.32 Å². The molecule has 2 aromatic heterocycles. The average Bonchev–Trinajstić information content (AvgIpc) is 3.17. The number of nitrogens with one attached hydrogen (secondary N) is 1. The van der Waals surface area contributed by atoms with Crippen LogP contribution in [0, 0.1) is 24.0 Å². The first-order valence-electron chi connectivity index (χ1n) is 8.55. The summed E-state index contributed by atoms with van der Waals surface area (Å²) in [6.07, 6.45) is 0. The van der Waals surface area contributed by atoms with Gasteiger partial charge in [0, 0.05) is 16.8 Å². The Hall–Kier alpha value is -3.20. The van der Waals surface area contributed by atoms with Crippen molar-refractivity contribution in [1.82, 2.24) is 19.6 Å². The zero-order valence-electron chi connectivity index (χ0n) is 15.6. The molecule has 1 aromatic carbocycles. The number of halogens is 1. The third kappa shape index (κ3) is 4.20. The molecule has 0 radical (unpaired) electrons. The van der Waals surface area contributed by atoms with Crippen molar-refractivity contribution in [2.45, 2.75) is 33.4 Å². The molecule has 0 saturated heterocycles. The van der Waals surface area contributed by atoms with Crippen LogP contribution in [0.25, 0.3) is 0 Å². The van der Waals surface area contributed by atoms with Crippen LogP contribution in [0.2, 0.25) is 5.02 Å². The van der Waals surface area contributed by atoms with Gasteiger partial charge in [-0.3, -0.25) is 9.48 Å². The number of carbonyl (C=O) groups excluding carboxylic acids is 1. The standard InChI is InChI=1S/C18H19ClN6O3/c1-11-7-16(21-23(11)10-14-5-4-6-15(19)9-14)20-18(26)13(3)24-12(2)8-17(22-24)25(27)28/h4-9,13H,10H2,1-3H3,(H,20,21,26). The molecule has 0 aliphatic carbocycles. The van der Waals surface area contributed by atoms with Crippen LogP contribution in [-0.2, 0) is 11.3 Å². The Morgan fingerprint density at radius 1 is 1.25 bits per heavy atom. The van der Waals surface area contributed by atoms with E-state index in [0.717, 1.165) is 11.3 Å². The normalized spacial score (nSPS) is 12.0. The van der Waals surface area contributed by atoms with Gasteiger partial charge < -0.3 is 15.4 Å². The number of aryl methyl sites for hydroxylation is 2. The fraction of sp³-hybridized carbons (Fsp3) is 0.278. The quantitative estimate of drug-likeness (QED) is 0.501.